The van der Waals surface area contributed by atoms with Crippen molar-refractivity contribution >= 4 is 34.4 Å². The number of ether oxygens (including phenoxy) is 1. The van der Waals surface area contributed by atoms with Gasteiger partial charge >= 0.3 is 0 Å². The molecule has 9 heteroatoms. The molecule has 0 unspecified atom stereocenters. The first-order chi connectivity index (χ1) is 13.6. The lowest BCUT2D eigenvalue weighted by molar-refractivity contribution is -0.113. The highest BCUT2D eigenvalue weighted by molar-refractivity contribution is 7.99. The third kappa shape index (κ3) is 4.10. The average molecular weight is 400 g/mol. The largest absolute Gasteiger partial charge is 0.376 e. The second-order valence-corrected chi connectivity index (χ2v) is 7.56. The van der Waals surface area contributed by atoms with Crippen LogP contribution in [0.3, 0.4) is 0 Å². The summed E-state index contributed by atoms with van der Waals surface area (Å²) in [4.78, 5) is 29.9. The number of nitrogens with zero attached hydrogens (tertiary/aromatic N) is 3. The predicted octanol–water partition coefficient (Wildman–Crippen LogP) is 2.60. The van der Waals surface area contributed by atoms with Gasteiger partial charge in [0, 0.05) is 12.7 Å². The molecule has 1 amide bonds. The van der Waals surface area contributed by atoms with E-state index in [1.807, 2.05) is 12.1 Å². The van der Waals surface area contributed by atoms with Crippen LogP contribution in [0.5, 0.6) is 0 Å². The first-order valence-electron chi connectivity index (χ1n) is 9.07. The maximum absolute atomic E-state index is 13.0. The molecule has 3 aromatic rings. The summed E-state index contributed by atoms with van der Waals surface area (Å²) in [5, 5.41) is 7.49. The van der Waals surface area contributed by atoms with E-state index in [2.05, 4.69) is 15.5 Å². The number of hydrogen-bond donors (Lipinski definition) is 1. The SMILES string of the molecule is Cc1cc(NC(=O)CSc2nc3ccccc3c(=O)n2C[C@H]2CCCO2)no1. The molecule has 0 spiro atoms. The van der Waals surface area contributed by atoms with E-state index in [9.17, 15) is 9.59 Å². The van der Waals surface area contributed by atoms with Gasteiger partial charge in [0.25, 0.3) is 5.56 Å². The molecule has 1 aliphatic rings. The maximum atomic E-state index is 13.0. The lowest BCUT2D eigenvalue weighted by Crippen LogP contribution is -2.29. The molecule has 4 rings (SSSR count). The van der Waals surface area contributed by atoms with Gasteiger partial charge in [0.2, 0.25) is 5.91 Å². The van der Waals surface area contributed by atoms with Crippen LogP contribution in [0.1, 0.15) is 18.6 Å². The number of benzene rings is 1. The minimum atomic E-state index is -0.246. The van der Waals surface area contributed by atoms with Crippen LogP contribution in [0.25, 0.3) is 10.9 Å². The van der Waals surface area contributed by atoms with Gasteiger partial charge in [0.05, 0.1) is 29.3 Å². The second kappa shape index (κ2) is 8.15. The van der Waals surface area contributed by atoms with Gasteiger partial charge in [0.1, 0.15) is 5.76 Å². The second-order valence-electron chi connectivity index (χ2n) is 6.62. The van der Waals surface area contributed by atoms with E-state index in [0.717, 1.165) is 12.8 Å². The normalized spacial score (nSPS) is 16.5. The van der Waals surface area contributed by atoms with Gasteiger partial charge in [0.15, 0.2) is 11.0 Å². The Hall–Kier alpha value is -2.65. The summed E-state index contributed by atoms with van der Waals surface area (Å²) in [5.74, 6) is 0.836. The van der Waals surface area contributed by atoms with E-state index in [4.69, 9.17) is 9.26 Å². The standard InChI is InChI=1S/C19H20N4O4S/c1-12-9-16(22-27-12)21-17(24)11-28-19-20-15-7-3-2-6-14(15)18(25)23(19)10-13-5-4-8-26-13/h2-3,6-7,9,13H,4-5,8,10-11H2,1H3,(H,21,22,24)/t13-/m1/s1. The molecule has 3 heterocycles. The van der Waals surface area contributed by atoms with Gasteiger partial charge in [-0.25, -0.2) is 4.98 Å². The topological polar surface area (TPSA) is 99.2 Å². The van der Waals surface area contributed by atoms with Crippen LogP contribution >= 0.6 is 11.8 Å². The first kappa shape index (κ1) is 18.7. The molecular formula is C19H20N4O4S. The molecular weight excluding hydrogens is 380 g/mol. The number of fused-ring (bicyclic) bond motifs is 1. The van der Waals surface area contributed by atoms with Crippen LogP contribution in [-0.4, -0.2) is 39.1 Å². The molecule has 28 heavy (non-hydrogen) atoms. The monoisotopic (exact) mass is 400 g/mol. The Bertz CT molecular complexity index is 1060. The van der Waals surface area contributed by atoms with Crippen molar-refractivity contribution in [3.05, 3.63) is 46.4 Å². The quantitative estimate of drug-likeness (QED) is 0.501. The summed E-state index contributed by atoms with van der Waals surface area (Å²) in [6, 6.07) is 8.87. The third-order valence-corrected chi connectivity index (χ3v) is 5.44. The van der Waals surface area contributed by atoms with Crippen molar-refractivity contribution in [2.75, 3.05) is 17.7 Å². The van der Waals surface area contributed by atoms with Crippen LogP contribution in [0, 0.1) is 6.92 Å². The summed E-state index contributed by atoms with van der Waals surface area (Å²) in [6.45, 7) is 2.89. The Labute approximate surface area is 165 Å². The van der Waals surface area contributed by atoms with Crippen molar-refractivity contribution in [2.45, 2.75) is 37.6 Å². The Balaban J connectivity index is 1.57. The first-order valence-corrected chi connectivity index (χ1v) is 10.1. The van der Waals surface area contributed by atoms with Crippen molar-refractivity contribution in [3.63, 3.8) is 0 Å². The van der Waals surface area contributed by atoms with Gasteiger partial charge in [-0.05, 0) is 31.9 Å². The minimum absolute atomic E-state index is 0.00746. The molecule has 1 aliphatic heterocycles. The number of carbonyl (C=O) groups excluding carboxylic acids is 1. The highest BCUT2D eigenvalue weighted by Crippen LogP contribution is 2.21. The Morgan fingerprint density at radius 1 is 1.39 bits per heavy atom. The van der Waals surface area contributed by atoms with Crippen molar-refractivity contribution in [3.8, 4) is 0 Å². The third-order valence-electron chi connectivity index (χ3n) is 4.46. The number of amides is 1. The van der Waals surface area contributed by atoms with Crippen LogP contribution in [0.4, 0.5) is 5.82 Å². The number of carbonyl (C=O) groups is 1. The van der Waals surface area contributed by atoms with Crippen LogP contribution in [0.2, 0.25) is 0 Å². The average Bonchev–Trinajstić information content (AvgIpc) is 3.34. The number of anilines is 1. The Morgan fingerprint density at radius 3 is 3.00 bits per heavy atom. The Kier molecular flexibility index (Phi) is 5.45. The van der Waals surface area contributed by atoms with Gasteiger partial charge < -0.3 is 14.6 Å². The molecule has 0 radical (unpaired) electrons. The van der Waals surface area contributed by atoms with E-state index in [-0.39, 0.29) is 23.3 Å². The van der Waals surface area contributed by atoms with E-state index < -0.39 is 0 Å². The molecule has 8 nitrogen and oxygen atoms in total. The van der Waals surface area contributed by atoms with Gasteiger partial charge in [-0.1, -0.05) is 29.1 Å². The number of aromatic nitrogens is 3. The Morgan fingerprint density at radius 2 is 2.25 bits per heavy atom. The maximum Gasteiger partial charge on any atom is 0.262 e. The molecule has 0 aliphatic carbocycles. The summed E-state index contributed by atoms with van der Waals surface area (Å²) < 4.78 is 12.3. The molecule has 2 aromatic heterocycles. The lowest BCUT2D eigenvalue weighted by atomic mass is 10.2. The molecule has 1 saturated heterocycles. The smallest absolute Gasteiger partial charge is 0.262 e. The van der Waals surface area contributed by atoms with Crippen molar-refractivity contribution in [1.29, 1.82) is 0 Å². The number of thioether (sulfide) groups is 1. The van der Waals surface area contributed by atoms with Crippen molar-refractivity contribution < 1.29 is 14.1 Å². The molecule has 1 N–H and O–H groups in total. The number of aryl methyl sites for hydroxylation is 1. The molecule has 0 bridgehead atoms. The highest BCUT2D eigenvalue weighted by atomic mass is 32.2. The number of rotatable bonds is 6. The number of para-hydroxylation sites is 1. The van der Waals surface area contributed by atoms with Gasteiger partial charge in [-0.2, -0.15) is 0 Å². The van der Waals surface area contributed by atoms with Crippen LogP contribution in [-0.2, 0) is 16.1 Å². The number of hydrogen-bond acceptors (Lipinski definition) is 7. The van der Waals surface area contributed by atoms with Crippen molar-refractivity contribution in [2.24, 2.45) is 0 Å². The van der Waals surface area contributed by atoms with E-state index in [0.29, 0.717) is 40.8 Å². The lowest BCUT2D eigenvalue weighted by Gasteiger charge is -2.16. The summed E-state index contributed by atoms with van der Waals surface area (Å²) >= 11 is 1.22. The van der Waals surface area contributed by atoms with E-state index in [1.54, 1.807) is 29.7 Å². The van der Waals surface area contributed by atoms with E-state index >= 15 is 0 Å². The van der Waals surface area contributed by atoms with E-state index in [1.165, 1.54) is 11.8 Å². The zero-order chi connectivity index (χ0) is 19.5. The predicted molar refractivity (Wildman–Crippen MR) is 106 cm³/mol. The van der Waals surface area contributed by atoms with Gasteiger partial charge in [-0.3, -0.25) is 14.2 Å². The molecule has 146 valence electrons. The fourth-order valence-corrected chi connectivity index (χ4v) is 3.95. The summed E-state index contributed by atoms with van der Waals surface area (Å²) in [5.41, 5.74) is 0.502. The fraction of sp³-hybridized carbons (Fsp3) is 0.368. The molecule has 0 saturated carbocycles. The fourth-order valence-electron chi connectivity index (χ4n) is 3.15. The van der Waals surface area contributed by atoms with Gasteiger partial charge in [-0.15, -0.1) is 0 Å². The zero-order valence-electron chi connectivity index (χ0n) is 15.4. The molecule has 1 fully saturated rings. The highest BCUT2D eigenvalue weighted by Gasteiger charge is 2.20. The molecule has 1 atom stereocenters. The van der Waals surface area contributed by atoms with Crippen molar-refractivity contribution in [1.82, 2.24) is 14.7 Å². The zero-order valence-corrected chi connectivity index (χ0v) is 16.2. The summed E-state index contributed by atoms with van der Waals surface area (Å²) in [7, 11) is 0. The summed E-state index contributed by atoms with van der Waals surface area (Å²) in [6.07, 6.45) is 1.89. The van der Waals surface area contributed by atoms with Crippen LogP contribution in [0.15, 0.2) is 44.8 Å². The number of nitrogens with one attached hydrogen (secondary N) is 1. The molecule has 1 aromatic carbocycles. The minimum Gasteiger partial charge on any atom is -0.376 e. The van der Waals surface area contributed by atoms with Crippen LogP contribution < -0.4 is 10.9 Å².